The molecule has 1 heterocycles. The molecule has 0 unspecified atom stereocenters. The molecule has 0 aliphatic carbocycles. The molecule has 110 valence electrons. The third-order valence-corrected chi connectivity index (χ3v) is 2.81. The van der Waals surface area contributed by atoms with Crippen LogP contribution in [0.15, 0.2) is 30.4 Å². The van der Waals surface area contributed by atoms with Crippen LogP contribution in [0.3, 0.4) is 0 Å². The van der Waals surface area contributed by atoms with Gasteiger partial charge in [-0.3, -0.25) is 9.59 Å². The van der Waals surface area contributed by atoms with Crippen molar-refractivity contribution in [1.82, 2.24) is 0 Å². The summed E-state index contributed by atoms with van der Waals surface area (Å²) in [4.78, 5) is 33.8. The maximum atomic E-state index is 11.9. The Bertz CT molecular complexity index is 649. The van der Waals surface area contributed by atoms with Gasteiger partial charge in [-0.25, -0.2) is 4.79 Å². The van der Waals surface area contributed by atoms with Crippen LogP contribution in [0.5, 0.6) is 5.75 Å². The zero-order valence-electron chi connectivity index (χ0n) is 11.5. The lowest BCUT2D eigenvalue weighted by molar-refractivity contribution is -0.131. The van der Waals surface area contributed by atoms with Crippen molar-refractivity contribution in [2.24, 2.45) is 0 Å². The normalized spacial score (nSPS) is 15.8. The molecule has 0 saturated heterocycles. The van der Waals surface area contributed by atoms with Gasteiger partial charge in [0.1, 0.15) is 11.4 Å². The number of ether oxygens (including phenoxy) is 1. The summed E-state index contributed by atoms with van der Waals surface area (Å²) in [5.74, 6) is -1.75. The molecule has 0 spiro atoms. The number of nitrogens with one attached hydrogen (secondary N) is 2. The standard InChI is InChI=1S/C14H14N2O5/c1-14(2)13(20)16-12-8(4-3-5-9(12)21-14)15-10(17)6-7-11(18)19/h3-7H,1-2H3,(H,15,17)(H,16,20)(H,18,19)/b7-6+. The largest absolute Gasteiger partial charge is 0.478 e. The van der Waals surface area contributed by atoms with Crippen LogP contribution in [0.2, 0.25) is 0 Å². The fourth-order valence-electron chi connectivity index (χ4n) is 1.76. The van der Waals surface area contributed by atoms with Crippen LogP contribution in [-0.4, -0.2) is 28.5 Å². The number of amides is 2. The number of hydrogen-bond acceptors (Lipinski definition) is 4. The number of carbonyl (C=O) groups is 3. The number of fused-ring (bicyclic) bond motifs is 1. The first-order valence-electron chi connectivity index (χ1n) is 6.15. The predicted octanol–water partition coefficient (Wildman–Crippen LogP) is 1.38. The molecule has 1 aromatic rings. The van der Waals surface area contributed by atoms with Gasteiger partial charge in [-0.05, 0) is 26.0 Å². The average molecular weight is 290 g/mol. The van der Waals surface area contributed by atoms with Crippen LogP contribution in [-0.2, 0) is 14.4 Å². The molecule has 0 fully saturated rings. The molecule has 0 saturated carbocycles. The van der Waals surface area contributed by atoms with Crippen molar-refractivity contribution in [1.29, 1.82) is 0 Å². The van der Waals surface area contributed by atoms with Crippen molar-refractivity contribution < 1.29 is 24.2 Å². The summed E-state index contributed by atoms with van der Waals surface area (Å²) in [6.07, 6.45) is 1.61. The van der Waals surface area contributed by atoms with E-state index in [-0.39, 0.29) is 5.91 Å². The lowest BCUT2D eigenvalue weighted by Crippen LogP contribution is -2.45. The van der Waals surface area contributed by atoms with E-state index < -0.39 is 17.5 Å². The smallest absolute Gasteiger partial charge is 0.328 e. The molecule has 1 aromatic carbocycles. The van der Waals surface area contributed by atoms with Gasteiger partial charge in [0.2, 0.25) is 5.91 Å². The minimum Gasteiger partial charge on any atom is -0.478 e. The Labute approximate surface area is 120 Å². The van der Waals surface area contributed by atoms with Crippen molar-refractivity contribution in [2.45, 2.75) is 19.4 Å². The van der Waals surface area contributed by atoms with Crippen molar-refractivity contribution in [3.63, 3.8) is 0 Å². The van der Waals surface area contributed by atoms with Crippen LogP contribution in [0.4, 0.5) is 11.4 Å². The van der Waals surface area contributed by atoms with E-state index in [4.69, 9.17) is 9.84 Å². The molecule has 0 radical (unpaired) electrons. The van der Waals surface area contributed by atoms with Crippen LogP contribution in [0, 0.1) is 0 Å². The van der Waals surface area contributed by atoms with Crippen LogP contribution < -0.4 is 15.4 Å². The minimum atomic E-state index is -1.22. The number of aliphatic carboxylic acids is 1. The third kappa shape index (κ3) is 3.19. The SMILES string of the molecule is CC1(C)Oc2cccc(NC(=O)/C=C/C(=O)O)c2NC1=O. The molecule has 1 aliphatic rings. The summed E-state index contributed by atoms with van der Waals surface area (Å²) in [5, 5.41) is 13.6. The van der Waals surface area contributed by atoms with Crippen molar-refractivity contribution in [3.05, 3.63) is 30.4 Å². The summed E-state index contributed by atoms with van der Waals surface area (Å²) in [5.41, 5.74) is -0.325. The first kappa shape index (κ1) is 14.6. The number of carboxylic acids is 1. The number of benzene rings is 1. The van der Waals surface area contributed by atoms with E-state index in [1.54, 1.807) is 32.0 Å². The Morgan fingerprint density at radius 3 is 2.71 bits per heavy atom. The maximum Gasteiger partial charge on any atom is 0.328 e. The van der Waals surface area contributed by atoms with E-state index in [2.05, 4.69) is 10.6 Å². The highest BCUT2D eigenvalue weighted by Crippen LogP contribution is 2.38. The van der Waals surface area contributed by atoms with E-state index in [0.29, 0.717) is 17.1 Å². The Kier molecular flexibility index (Phi) is 3.66. The van der Waals surface area contributed by atoms with E-state index in [1.807, 2.05) is 0 Å². The van der Waals surface area contributed by atoms with Gasteiger partial charge in [-0.1, -0.05) is 6.07 Å². The lowest BCUT2D eigenvalue weighted by Gasteiger charge is -2.32. The van der Waals surface area contributed by atoms with Gasteiger partial charge in [0, 0.05) is 12.2 Å². The molecule has 21 heavy (non-hydrogen) atoms. The van der Waals surface area contributed by atoms with Gasteiger partial charge in [-0.2, -0.15) is 0 Å². The van der Waals surface area contributed by atoms with Gasteiger partial charge in [-0.15, -0.1) is 0 Å². The summed E-state index contributed by atoms with van der Waals surface area (Å²) in [7, 11) is 0. The fraction of sp³-hybridized carbons (Fsp3) is 0.214. The molecule has 0 bridgehead atoms. The zero-order valence-corrected chi connectivity index (χ0v) is 11.5. The molecule has 0 atom stereocenters. The number of para-hydroxylation sites is 1. The first-order valence-corrected chi connectivity index (χ1v) is 6.15. The highest BCUT2D eigenvalue weighted by atomic mass is 16.5. The number of rotatable bonds is 3. The Balaban J connectivity index is 2.26. The molecule has 2 amide bonds. The van der Waals surface area contributed by atoms with Crippen LogP contribution in [0.1, 0.15) is 13.8 Å². The second kappa shape index (κ2) is 5.28. The zero-order chi connectivity index (χ0) is 15.6. The number of carbonyl (C=O) groups excluding carboxylic acids is 2. The lowest BCUT2D eigenvalue weighted by atomic mass is 10.1. The molecule has 3 N–H and O–H groups in total. The van der Waals surface area contributed by atoms with E-state index >= 15 is 0 Å². The second-order valence-electron chi connectivity index (χ2n) is 4.91. The van der Waals surface area contributed by atoms with Gasteiger partial charge < -0.3 is 20.5 Å². The quantitative estimate of drug-likeness (QED) is 0.729. The molecule has 1 aliphatic heterocycles. The van der Waals surface area contributed by atoms with E-state index in [1.165, 1.54) is 0 Å². The Morgan fingerprint density at radius 1 is 1.33 bits per heavy atom. The minimum absolute atomic E-state index is 0.330. The summed E-state index contributed by atoms with van der Waals surface area (Å²) in [6.45, 7) is 3.26. The van der Waals surface area contributed by atoms with Crippen molar-refractivity contribution >= 4 is 29.2 Å². The number of carboxylic acid groups (broad SMARTS) is 1. The maximum absolute atomic E-state index is 11.9. The molecular weight excluding hydrogens is 276 g/mol. The van der Waals surface area contributed by atoms with E-state index in [9.17, 15) is 14.4 Å². The van der Waals surface area contributed by atoms with Crippen LogP contribution >= 0.6 is 0 Å². The predicted molar refractivity (Wildman–Crippen MR) is 75.2 cm³/mol. The average Bonchev–Trinajstić information content (AvgIpc) is 2.38. The highest BCUT2D eigenvalue weighted by Gasteiger charge is 2.36. The fourth-order valence-corrected chi connectivity index (χ4v) is 1.76. The van der Waals surface area contributed by atoms with Crippen molar-refractivity contribution in [3.8, 4) is 5.75 Å². The number of anilines is 2. The Hall–Kier alpha value is -2.83. The third-order valence-electron chi connectivity index (χ3n) is 2.81. The van der Waals surface area contributed by atoms with Gasteiger partial charge in [0.25, 0.3) is 5.91 Å². The van der Waals surface area contributed by atoms with Gasteiger partial charge >= 0.3 is 5.97 Å². The van der Waals surface area contributed by atoms with E-state index in [0.717, 1.165) is 12.2 Å². The topological polar surface area (TPSA) is 105 Å². The second-order valence-corrected chi connectivity index (χ2v) is 4.91. The highest BCUT2D eigenvalue weighted by molar-refractivity contribution is 6.08. The monoisotopic (exact) mass is 290 g/mol. The molecule has 7 heteroatoms. The molecule has 7 nitrogen and oxygen atoms in total. The molecule has 0 aromatic heterocycles. The molecular formula is C14H14N2O5. The number of hydrogen-bond donors (Lipinski definition) is 3. The summed E-state index contributed by atoms with van der Waals surface area (Å²) >= 11 is 0. The summed E-state index contributed by atoms with van der Waals surface area (Å²) < 4.78 is 5.58. The van der Waals surface area contributed by atoms with Gasteiger partial charge in [0.05, 0.1) is 5.69 Å². The molecule has 2 rings (SSSR count). The van der Waals surface area contributed by atoms with Gasteiger partial charge in [0.15, 0.2) is 5.60 Å². The van der Waals surface area contributed by atoms with Crippen molar-refractivity contribution in [2.75, 3.05) is 10.6 Å². The van der Waals surface area contributed by atoms with Crippen LogP contribution in [0.25, 0.3) is 0 Å². The summed E-state index contributed by atoms with van der Waals surface area (Å²) in [6, 6.07) is 4.90. The first-order chi connectivity index (χ1) is 9.79. The Morgan fingerprint density at radius 2 is 2.05 bits per heavy atom.